The van der Waals surface area contributed by atoms with E-state index in [1.54, 1.807) is 0 Å². The zero-order valence-electron chi connectivity index (χ0n) is 13.5. The van der Waals surface area contributed by atoms with Crippen LogP contribution in [0.3, 0.4) is 0 Å². The number of carbonyl (C=O) groups is 2. The number of Topliss-reactive ketones (excluding diaryl/α,β-unsaturated/α-hetero) is 1. The minimum Gasteiger partial charge on any atom is -0.507 e. The number of aromatic carboxylic acids is 1. The number of benzene rings is 1. The van der Waals surface area contributed by atoms with Gasteiger partial charge in [-0.3, -0.25) is 4.79 Å². The Morgan fingerprint density at radius 1 is 1.12 bits per heavy atom. The lowest BCUT2D eigenvalue weighted by molar-refractivity contribution is -0.246. The number of phenols is 1. The number of aliphatic hydroxyl groups is 5. The van der Waals surface area contributed by atoms with Gasteiger partial charge in [0, 0.05) is 6.42 Å². The molecule has 0 bridgehead atoms. The molecule has 0 radical (unpaired) electrons. The maximum atomic E-state index is 12.2. The molecule has 0 aliphatic carbocycles. The first-order valence-electron chi connectivity index (χ1n) is 7.73. The van der Waals surface area contributed by atoms with Gasteiger partial charge >= 0.3 is 5.97 Å². The molecule has 2 unspecified atom stereocenters. The van der Waals surface area contributed by atoms with Crippen LogP contribution in [0.15, 0.2) is 18.2 Å². The number of hydrogen-bond donors (Lipinski definition) is 7. The molecule has 1 fully saturated rings. The van der Waals surface area contributed by atoms with Gasteiger partial charge in [-0.15, -0.1) is 0 Å². The van der Waals surface area contributed by atoms with Crippen molar-refractivity contribution < 1.29 is 50.1 Å². The molecular formula is C16H20O10. The normalized spacial score (nSPS) is 30.0. The van der Waals surface area contributed by atoms with Crippen LogP contribution in [0, 0.1) is 0 Å². The predicted octanol–water partition coefficient (Wildman–Crippen LogP) is -2.59. The number of carboxylic acid groups (broad SMARTS) is 1. The van der Waals surface area contributed by atoms with Gasteiger partial charge in [0.15, 0.2) is 5.78 Å². The number of carboxylic acids is 1. The van der Waals surface area contributed by atoms with Crippen molar-refractivity contribution in [3.63, 3.8) is 0 Å². The van der Waals surface area contributed by atoms with E-state index in [1.165, 1.54) is 6.07 Å². The molecule has 1 aromatic rings. The van der Waals surface area contributed by atoms with Gasteiger partial charge < -0.3 is 40.5 Å². The molecule has 0 amide bonds. The molecule has 1 aliphatic heterocycles. The van der Waals surface area contributed by atoms with E-state index in [0.29, 0.717) is 0 Å². The first-order valence-corrected chi connectivity index (χ1v) is 7.73. The van der Waals surface area contributed by atoms with Crippen molar-refractivity contribution in [2.75, 3.05) is 6.61 Å². The Labute approximate surface area is 147 Å². The van der Waals surface area contributed by atoms with Crippen LogP contribution in [0.25, 0.3) is 0 Å². The van der Waals surface area contributed by atoms with E-state index in [0.717, 1.165) is 12.1 Å². The van der Waals surface area contributed by atoms with Crippen LogP contribution < -0.4 is 0 Å². The summed E-state index contributed by atoms with van der Waals surface area (Å²) in [6.45, 7) is -0.702. The Bertz CT molecular complexity index is 673. The van der Waals surface area contributed by atoms with Gasteiger partial charge in [-0.1, -0.05) is 6.07 Å². The van der Waals surface area contributed by atoms with Gasteiger partial charge in [0.05, 0.1) is 6.61 Å². The smallest absolute Gasteiger partial charge is 0.339 e. The molecule has 7 N–H and O–H groups in total. The summed E-state index contributed by atoms with van der Waals surface area (Å²) in [7, 11) is 0. The molecule has 1 aromatic carbocycles. The summed E-state index contributed by atoms with van der Waals surface area (Å²) in [5, 5.41) is 67.0. The van der Waals surface area contributed by atoms with Crippen LogP contribution in [0.2, 0.25) is 0 Å². The standard InChI is InChI=1S/C16H20O10/c17-5-10-12(21)13(22)14(23)15(26-10)11(20)9(19)4-6-1-2-7(16(24)25)8(18)3-6/h1-3,10-15,17-18,20-23H,4-5H2,(H,24,25)/t10-,11?,12-,13+,14-,15?/m1/s1. The van der Waals surface area contributed by atoms with Gasteiger partial charge in [-0.05, 0) is 17.7 Å². The highest BCUT2D eigenvalue weighted by Crippen LogP contribution is 2.25. The second kappa shape index (κ2) is 8.08. The number of ether oxygens (including phenoxy) is 1. The second-order valence-electron chi connectivity index (χ2n) is 6.04. The molecule has 1 heterocycles. The fourth-order valence-electron chi connectivity index (χ4n) is 2.75. The molecule has 0 saturated carbocycles. The minimum absolute atomic E-state index is 0.209. The summed E-state index contributed by atoms with van der Waals surface area (Å²) in [5.41, 5.74) is -0.142. The maximum Gasteiger partial charge on any atom is 0.339 e. The minimum atomic E-state index is -1.89. The van der Waals surface area contributed by atoms with Crippen LogP contribution in [-0.4, -0.2) is 90.7 Å². The van der Waals surface area contributed by atoms with Crippen LogP contribution in [-0.2, 0) is 16.0 Å². The van der Waals surface area contributed by atoms with Crippen molar-refractivity contribution in [1.82, 2.24) is 0 Å². The third kappa shape index (κ3) is 4.01. The summed E-state index contributed by atoms with van der Waals surface area (Å²) in [5.74, 6) is -2.73. The average Bonchev–Trinajstić information content (AvgIpc) is 2.59. The van der Waals surface area contributed by atoms with Gasteiger partial charge in [-0.2, -0.15) is 0 Å². The number of aliphatic hydroxyl groups excluding tert-OH is 5. The van der Waals surface area contributed by atoms with Crippen molar-refractivity contribution >= 4 is 11.8 Å². The molecule has 10 heteroatoms. The van der Waals surface area contributed by atoms with Crippen molar-refractivity contribution in [1.29, 1.82) is 0 Å². The summed E-state index contributed by atoms with van der Waals surface area (Å²) >= 11 is 0. The van der Waals surface area contributed by atoms with Crippen LogP contribution >= 0.6 is 0 Å². The molecule has 144 valence electrons. The Hall–Kier alpha value is -2.08. The second-order valence-corrected chi connectivity index (χ2v) is 6.04. The van der Waals surface area contributed by atoms with E-state index < -0.39 is 67.2 Å². The Kier molecular flexibility index (Phi) is 6.29. The summed E-state index contributed by atoms with van der Waals surface area (Å²) < 4.78 is 5.12. The molecule has 26 heavy (non-hydrogen) atoms. The van der Waals surface area contributed by atoms with Crippen molar-refractivity contribution in [2.24, 2.45) is 0 Å². The Balaban J connectivity index is 2.11. The lowest BCUT2D eigenvalue weighted by atomic mass is 9.89. The highest BCUT2D eigenvalue weighted by molar-refractivity contribution is 5.91. The third-order valence-electron chi connectivity index (χ3n) is 4.24. The quantitative estimate of drug-likeness (QED) is 0.279. The molecule has 10 nitrogen and oxygen atoms in total. The monoisotopic (exact) mass is 372 g/mol. The van der Waals surface area contributed by atoms with E-state index in [4.69, 9.17) is 14.9 Å². The summed E-state index contributed by atoms with van der Waals surface area (Å²) in [4.78, 5) is 23.1. The number of aromatic hydroxyl groups is 1. The lowest BCUT2D eigenvalue weighted by Gasteiger charge is -2.41. The first kappa shape index (κ1) is 20.2. The third-order valence-corrected chi connectivity index (χ3v) is 4.24. The number of carbonyl (C=O) groups excluding carboxylic acids is 1. The average molecular weight is 372 g/mol. The lowest BCUT2D eigenvalue weighted by Crippen LogP contribution is -2.62. The number of hydrogen-bond acceptors (Lipinski definition) is 9. The number of rotatable bonds is 6. The van der Waals surface area contributed by atoms with Gasteiger partial charge in [0.1, 0.15) is 47.9 Å². The molecule has 1 aliphatic rings. The largest absolute Gasteiger partial charge is 0.507 e. The van der Waals surface area contributed by atoms with E-state index in [-0.39, 0.29) is 11.1 Å². The Morgan fingerprint density at radius 2 is 1.77 bits per heavy atom. The molecule has 2 rings (SSSR count). The van der Waals surface area contributed by atoms with E-state index in [2.05, 4.69) is 0 Å². The van der Waals surface area contributed by atoms with Crippen LogP contribution in [0.1, 0.15) is 15.9 Å². The topological polar surface area (TPSA) is 185 Å². The molecule has 0 spiro atoms. The van der Waals surface area contributed by atoms with Crippen molar-refractivity contribution in [2.45, 2.75) is 43.0 Å². The van der Waals surface area contributed by atoms with Crippen molar-refractivity contribution in [3.05, 3.63) is 29.3 Å². The highest BCUT2D eigenvalue weighted by atomic mass is 16.6. The van der Waals surface area contributed by atoms with E-state index >= 15 is 0 Å². The zero-order chi connectivity index (χ0) is 19.6. The maximum absolute atomic E-state index is 12.2. The van der Waals surface area contributed by atoms with Gasteiger partial charge in [-0.25, -0.2) is 4.79 Å². The van der Waals surface area contributed by atoms with Crippen LogP contribution in [0.5, 0.6) is 5.75 Å². The first-order chi connectivity index (χ1) is 12.2. The van der Waals surface area contributed by atoms with E-state index in [1.807, 2.05) is 0 Å². The summed E-state index contributed by atoms with van der Waals surface area (Å²) in [6, 6.07) is 3.43. The highest BCUT2D eigenvalue weighted by Gasteiger charge is 2.47. The van der Waals surface area contributed by atoms with Crippen molar-refractivity contribution in [3.8, 4) is 5.75 Å². The Morgan fingerprint density at radius 3 is 2.31 bits per heavy atom. The fourth-order valence-corrected chi connectivity index (χ4v) is 2.75. The zero-order valence-corrected chi connectivity index (χ0v) is 13.5. The van der Waals surface area contributed by atoms with Gasteiger partial charge in [0.2, 0.25) is 0 Å². The SMILES string of the molecule is O=C(O)c1ccc(CC(=O)C(O)C2O[C@H](CO)[C@@H](O)[C@H](O)[C@H]2O)cc1O. The van der Waals surface area contributed by atoms with Crippen LogP contribution in [0.4, 0.5) is 0 Å². The number of ketones is 1. The molecule has 6 atom stereocenters. The molecule has 1 saturated heterocycles. The predicted molar refractivity (Wildman–Crippen MR) is 83.6 cm³/mol. The van der Waals surface area contributed by atoms with E-state index in [9.17, 15) is 35.1 Å². The van der Waals surface area contributed by atoms with Gasteiger partial charge in [0.25, 0.3) is 0 Å². The summed E-state index contributed by atoms with van der Waals surface area (Å²) in [6.07, 6.45) is -10.3. The molecule has 0 aromatic heterocycles. The fraction of sp³-hybridized carbons (Fsp3) is 0.500. The molecular weight excluding hydrogens is 352 g/mol.